The Bertz CT molecular complexity index is 798. The van der Waals surface area contributed by atoms with Gasteiger partial charge in [0.05, 0.1) is 26.1 Å². The lowest BCUT2D eigenvalue weighted by Gasteiger charge is -2.60. The van der Waals surface area contributed by atoms with Gasteiger partial charge in [0.15, 0.2) is 5.79 Å². The Morgan fingerprint density at radius 2 is 2.03 bits per heavy atom. The lowest BCUT2D eigenvalue weighted by Crippen LogP contribution is -2.64. The van der Waals surface area contributed by atoms with Gasteiger partial charge in [0.1, 0.15) is 17.1 Å². The Morgan fingerprint density at radius 3 is 2.74 bits per heavy atom. The molecule has 0 aromatic carbocycles. The van der Waals surface area contributed by atoms with Crippen LogP contribution in [0.25, 0.3) is 0 Å². The molecular weight excluding hydrogens is 396 g/mol. The first kappa shape index (κ1) is 21.5. The van der Waals surface area contributed by atoms with Gasteiger partial charge in [-0.25, -0.2) is 0 Å². The summed E-state index contributed by atoms with van der Waals surface area (Å²) in [7, 11) is 0. The first-order chi connectivity index (χ1) is 14.8. The maximum atomic E-state index is 13.3. The fourth-order valence-corrected chi connectivity index (χ4v) is 7.57. The summed E-state index contributed by atoms with van der Waals surface area (Å²) in [6.45, 7) is 8.11. The maximum absolute atomic E-state index is 13.3. The number of hydrogen-bond donors (Lipinski definition) is 1. The van der Waals surface area contributed by atoms with Crippen molar-refractivity contribution in [1.82, 2.24) is 0 Å². The Hall–Kier alpha value is -1.37. The van der Waals surface area contributed by atoms with E-state index in [-0.39, 0.29) is 29.3 Å². The number of esters is 1. The van der Waals surface area contributed by atoms with Crippen LogP contribution in [0.1, 0.15) is 65.7 Å². The molecule has 2 heterocycles. The molecule has 6 nitrogen and oxygen atoms in total. The molecule has 3 aliphatic carbocycles. The quantitative estimate of drug-likeness (QED) is 0.404. The predicted molar refractivity (Wildman–Crippen MR) is 114 cm³/mol. The minimum Gasteiger partial charge on any atom is -0.502 e. The van der Waals surface area contributed by atoms with Crippen molar-refractivity contribution in [1.29, 1.82) is 0 Å². The van der Waals surface area contributed by atoms with Crippen LogP contribution >= 0.6 is 0 Å². The molecule has 6 atom stereocenters. The van der Waals surface area contributed by atoms with Gasteiger partial charge in [-0.15, -0.1) is 0 Å². The van der Waals surface area contributed by atoms with Gasteiger partial charge in [-0.3, -0.25) is 4.79 Å². The van der Waals surface area contributed by atoms with Crippen molar-refractivity contribution in [2.45, 2.75) is 83.2 Å². The molecule has 2 aliphatic heterocycles. The van der Waals surface area contributed by atoms with E-state index in [9.17, 15) is 9.90 Å². The SMILES string of the molecule is CCC[C@]12C[C@H](OC1=O)C1C(CC=C3CC4(CC[C@@]31C)OCCO4)[C@@]2(O)C=COCC. The molecule has 0 aromatic heterocycles. The van der Waals surface area contributed by atoms with E-state index in [2.05, 4.69) is 19.9 Å². The molecular formula is C25H36O6. The molecule has 0 aromatic rings. The van der Waals surface area contributed by atoms with E-state index in [1.165, 1.54) is 5.57 Å². The fraction of sp³-hybridized carbons (Fsp3) is 0.800. The van der Waals surface area contributed by atoms with Crippen LogP contribution < -0.4 is 0 Å². The largest absolute Gasteiger partial charge is 0.502 e. The zero-order valence-electron chi connectivity index (χ0n) is 19.0. The molecule has 5 aliphatic rings. The number of ether oxygens (including phenoxy) is 4. The van der Waals surface area contributed by atoms with Crippen LogP contribution in [0.15, 0.2) is 24.0 Å². The van der Waals surface area contributed by atoms with E-state index in [0.29, 0.717) is 32.7 Å². The second kappa shape index (κ2) is 7.32. The second-order valence-electron chi connectivity index (χ2n) is 10.4. The standard InChI is InChI=1S/C25H36O6/c1-4-8-23-16-19(31-21(23)26)20-18(25(23,27)11-12-28-5-2)7-6-17-15-24(29-13-14-30-24)10-9-22(17,20)3/h6,11-12,18-20,27H,4-5,7-10,13-16H2,1-3H3/t18?,19-,20?,22-,23-,25-/m0/s1. The Kier molecular flexibility index (Phi) is 5.07. The van der Waals surface area contributed by atoms with Crippen molar-refractivity contribution < 1.29 is 28.8 Å². The van der Waals surface area contributed by atoms with Crippen LogP contribution in [-0.4, -0.2) is 48.4 Å². The average molecular weight is 433 g/mol. The summed E-state index contributed by atoms with van der Waals surface area (Å²) in [5.41, 5.74) is -0.988. The minimum absolute atomic E-state index is 0.0685. The van der Waals surface area contributed by atoms with Crippen molar-refractivity contribution in [2.24, 2.45) is 22.7 Å². The molecule has 1 N–H and O–H groups in total. The summed E-state index contributed by atoms with van der Waals surface area (Å²) in [4.78, 5) is 13.3. The van der Waals surface area contributed by atoms with Crippen LogP contribution in [0.2, 0.25) is 0 Å². The Labute approximate surface area is 184 Å². The Balaban J connectivity index is 1.57. The monoisotopic (exact) mass is 432 g/mol. The summed E-state index contributed by atoms with van der Waals surface area (Å²) >= 11 is 0. The van der Waals surface area contributed by atoms with Crippen LogP contribution in [0.4, 0.5) is 0 Å². The molecule has 31 heavy (non-hydrogen) atoms. The van der Waals surface area contributed by atoms with Crippen molar-refractivity contribution in [3.05, 3.63) is 24.0 Å². The lowest BCUT2D eigenvalue weighted by molar-refractivity contribution is -0.197. The molecule has 2 saturated carbocycles. The summed E-state index contributed by atoms with van der Waals surface area (Å²) in [6, 6.07) is 0. The minimum atomic E-state index is -1.28. The van der Waals surface area contributed by atoms with Crippen LogP contribution in [0, 0.1) is 22.7 Å². The maximum Gasteiger partial charge on any atom is 0.315 e. The summed E-state index contributed by atoms with van der Waals surface area (Å²) in [5.74, 6) is -0.749. The lowest BCUT2D eigenvalue weighted by atomic mass is 9.45. The number of aliphatic hydroxyl groups is 1. The van der Waals surface area contributed by atoms with Gasteiger partial charge in [-0.2, -0.15) is 0 Å². The van der Waals surface area contributed by atoms with E-state index in [1.54, 1.807) is 12.3 Å². The van der Waals surface area contributed by atoms with E-state index in [0.717, 1.165) is 32.1 Å². The van der Waals surface area contributed by atoms with E-state index in [4.69, 9.17) is 18.9 Å². The molecule has 0 radical (unpaired) electrons. The van der Waals surface area contributed by atoms with E-state index in [1.807, 2.05) is 6.92 Å². The number of rotatable bonds is 5. The number of carbonyl (C=O) groups is 1. The van der Waals surface area contributed by atoms with Crippen LogP contribution in [-0.2, 0) is 23.7 Å². The highest BCUT2D eigenvalue weighted by molar-refractivity contribution is 5.82. The van der Waals surface area contributed by atoms with Crippen LogP contribution in [0.3, 0.4) is 0 Å². The number of allylic oxidation sites excluding steroid dienone is 1. The van der Waals surface area contributed by atoms with Gasteiger partial charge in [0, 0.05) is 31.1 Å². The topological polar surface area (TPSA) is 74.2 Å². The van der Waals surface area contributed by atoms with Gasteiger partial charge >= 0.3 is 5.97 Å². The molecule has 2 unspecified atom stereocenters. The van der Waals surface area contributed by atoms with Gasteiger partial charge in [0.2, 0.25) is 0 Å². The molecule has 6 heteroatoms. The van der Waals surface area contributed by atoms with Gasteiger partial charge in [-0.1, -0.05) is 31.9 Å². The number of fused-ring (bicyclic) bond motifs is 6. The Morgan fingerprint density at radius 1 is 1.26 bits per heavy atom. The highest BCUT2D eigenvalue weighted by atomic mass is 16.7. The molecule has 4 fully saturated rings. The zero-order chi connectivity index (χ0) is 21.9. The normalized spacial score (nSPS) is 45.4. The van der Waals surface area contributed by atoms with Crippen molar-refractivity contribution in [3.63, 3.8) is 0 Å². The number of carbonyl (C=O) groups excluding carboxylic acids is 1. The van der Waals surface area contributed by atoms with Crippen molar-refractivity contribution in [3.8, 4) is 0 Å². The fourth-order valence-electron chi connectivity index (χ4n) is 7.57. The molecule has 1 spiro atoms. The summed E-state index contributed by atoms with van der Waals surface area (Å²) in [5, 5.41) is 12.3. The predicted octanol–water partition coefficient (Wildman–Crippen LogP) is 3.88. The third-order valence-electron chi connectivity index (χ3n) is 9.01. The smallest absolute Gasteiger partial charge is 0.315 e. The highest BCUT2D eigenvalue weighted by Crippen LogP contribution is 2.68. The van der Waals surface area contributed by atoms with Crippen molar-refractivity contribution in [2.75, 3.05) is 19.8 Å². The highest BCUT2D eigenvalue weighted by Gasteiger charge is 2.73. The molecule has 0 amide bonds. The van der Waals surface area contributed by atoms with Gasteiger partial charge in [0.25, 0.3) is 0 Å². The summed E-state index contributed by atoms with van der Waals surface area (Å²) in [6.07, 6.45) is 10.7. The average Bonchev–Trinajstić information content (AvgIpc) is 3.31. The first-order valence-electron chi connectivity index (χ1n) is 12.0. The first-order valence-corrected chi connectivity index (χ1v) is 12.0. The van der Waals surface area contributed by atoms with Crippen molar-refractivity contribution >= 4 is 5.97 Å². The van der Waals surface area contributed by atoms with Crippen LogP contribution in [0.5, 0.6) is 0 Å². The summed E-state index contributed by atoms with van der Waals surface area (Å²) < 4.78 is 23.6. The zero-order valence-corrected chi connectivity index (χ0v) is 19.0. The number of hydrogen-bond acceptors (Lipinski definition) is 6. The third-order valence-corrected chi connectivity index (χ3v) is 9.01. The van der Waals surface area contributed by atoms with E-state index < -0.39 is 16.8 Å². The van der Waals surface area contributed by atoms with E-state index >= 15 is 0 Å². The third kappa shape index (κ3) is 2.83. The molecule has 2 bridgehead atoms. The van der Waals surface area contributed by atoms with Gasteiger partial charge < -0.3 is 24.1 Å². The molecule has 2 saturated heterocycles. The second-order valence-corrected chi connectivity index (χ2v) is 10.4. The van der Waals surface area contributed by atoms with Gasteiger partial charge in [-0.05, 0) is 37.7 Å². The molecule has 172 valence electrons. The molecule has 5 rings (SSSR count).